The largest absolute Gasteiger partial charge is 0.494 e. The van der Waals surface area contributed by atoms with E-state index in [1.165, 1.54) is 44.1 Å². The highest BCUT2D eigenvalue weighted by molar-refractivity contribution is 5.29. The summed E-state index contributed by atoms with van der Waals surface area (Å²) in [6.07, 6.45) is 8.91. The summed E-state index contributed by atoms with van der Waals surface area (Å²) in [5.41, 5.74) is 1.47. The third kappa shape index (κ3) is 4.52. The third-order valence-electron chi connectivity index (χ3n) is 4.47. The van der Waals surface area contributed by atoms with E-state index in [4.69, 9.17) is 9.84 Å². The second kappa shape index (κ2) is 8.31. The van der Waals surface area contributed by atoms with Crippen LogP contribution in [-0.4, -0.2) is 18.3 Å². The Bertz CT molecular complexity index is 364. The van der Waals surface area contributed by atoms with Crippen molar-refractivity contribution in [3.05, 3.63) is 29.8 Å². The van der Waals surface area contributed by atoms with Gasteiger partial charge in [-0.3, -0.25) is 0 Å². The summed E-state index contributed by atoms with van der Waals surface area (Å²) in [7, 11) is 0. The quantitative estimate of drug-likeness (QED) is 0.742. The van der Waals surface area contributed by atoms with Crippen molar-refractivity contribution < 1.29 is 9.84 Å². The maximum atomic E-state index is 8.74. The molecule has 0 amide bonds. The molecular weight excluding hydrogens is 248 g/mol. The van der Waals surface area contributed by atoms with E-state index < -0.39 is 0 Å². The highest BCUT2D eigenvalue weighted by Gasteiger charge is 2.21. The van der Waals surface area contributed by atoms with Crippen LogP contribution in [0.2, 0.25) is 0 Å². The van der Waals surface area contributed by atoms with E-state index in [0.717, 1.165) is 17.6 Å². The van der Waals surface area contributed by atoms with Crippen LogP contribution in [-0.2, 0) is 0 Å². The number of hydrogen-bond acceptors (Lipinski definition) is 2. The van der Waals surface area contributed by atoms with Gasteiger partial charge < -0.3 is 9.84 Å². The van der Waals surface area contributed by atoms with Crippen molar-refractivity contribution in [2.45, 2.75) is 57.8 Å². The van der Waals surface area contributed by atoms with Crippen molar-refractivity contribution >= 4 is 0 Å². The van der Waals surface area contributed by atoms with Gasteiger partial charge >= 0.3 is 0 Å². The van der Waals surface area contributed by atoms with Crippen molar-refractivity contribution in [3.63, 3.8) is 0 Å². The maximum Gasteiger partial charge on any atom is 0.119 e. The molecule has 2 nitrogen and oxygen atoms in total. The molecule has 2 heteroatoms. The fourth-order valence-electron chi connectivity index (χ4n) is 3.28. The van der Waals surface area contributed by atoms with Gasteiger partial charge in [0.2, 0.25) is 0 Å². The lowest BCUT2D eigenvalue weighted by molar-refractivity contribution is 0.233. The normalized spacial score (nSPS) is 22.7. The van der Waals surface area contributed by atoms with Crippen LogP contribution in [0.3, 0.4) is 0 Å². The van der Waals surface area contributed by atoms with Crippen LogP contribution in [0, 0.1) is 5.92 Å². The van der Waals surface area contributed by atoms with Gasteiger partial charge in [0.15, 0.2) is 0 Å². The summed E-state index contributed by atoms with van der Waals surface area (Å²) in [5, 5.41) is 8.74. The number of rotatable bonds is 7. The predicted octanol–water partition coefficient (Wildman–Crippen LogP) is 4.52. The highest BCUT2D eigenvalue weighted by atomic mass is 16.5. The van der Waals surface area contributed by atoms with E-state index in [1.807, 2.05) is 0 Å². The molecule has 1 fully saturated rings. The monoisotopic (exact) mass is 276 g/mol. The van der Waals surface area contributed by atoms with E-state index in [1.54, 1.807) is 0 Å². The summed E-state index contributed by atoms with van der Waals surface area (Å²) in [5.74, 6) is 2.63. The van der Waals surface area contributed by atoms with Crippen LogP contribution in [0.25, 0.3) is 0 Å². The SMILES string of the molecule is CCC[C@H]1CC[C@H](c2ccc(OCCCO)cc2)CC1. The zero-order chi connectivity index (χ0) is 14.2. The minimum Gasteiger partial charge on any atom is -0.494 e. The number of benzene rings is 1. The Kier molecular flexibility index (Phi) is 6.38. The van der Waals surface area contributed by atoms with Crippen LogP contribution in [0.15, 0.2) is 24.3 Å². The lowest BCUT2D eigenvalue weighted by atomic mass is 9.77. The molecule has 0 aromatic heterocycles. The van der Waals surface area contributed by atoms with E-state index >= 15 is 0 Å². The van der Waals surface area contributed by atoms with Crippen molar-refractivity contribution in [2.75, 3.05) is 13.2 Å². The average molecular weight is 276 g/mol. The molecule has 0 unspecified atom stereocenters. The summed E-state index contributed by atoms with van der Waals surface area (Å²) >= 11 is 0. The number of ether oxygens (including phenoxy) is 1. The summed E-state index contributed by atoms with van der Waals surface area (Å²) in [4.78, 5) is 0. The Labute approximate surface area is 123 Å². The number of aliphatic hydroxyl groups excluding tert-OH is 1. The highest BCUT2D eigenvalue weighted by Crippen LogP contribution is 2.37. The molecule has 0 aliphatic heterocycles. The van der Waals surface area contributed by atoms with Crippen molar-refractivity contribution in [3.8, 4) is 5.75 Å². The molecule has 112 valence electrons. The van der Waals surface area contributed by atoms with E-state index in [0.29, 0.717) is 13.0 Å². The molecule has 2 rings (SSSR count). The molecule has 1 N–H and O–H groups in total. The second-order valence-corrected chi connectivity index (χ2v) is 6.00. The van der Waals surface area contributed by atoms with E-state index in [-0.39, 0.29) is 6.61 Å². The molecule has 0 atom stereocenters. The summed E-state index contributed by atoms with van der Waals surface area (Å²) in [6, 6.07) is 8.59. The predicted molar refractivity (Wildman–Crippen MR) is 83.2 cm³/mol. The lowest BCUT2D eigenvalue weighted by Crippen LogP contribution is -2.13. The van der Waals surface area contributed by atoms with Gasteiger partial charge in [0, 0.05) is 13.0 Å². The van der Waals surface area contributed by atoms with Gasteiger partial charge in [-0.05, 0) is 55.2 Å². The van der Waals surface area contributed by atoms with Crippen LogP contribution < -0.4 is 4.74 Å². The van der Waals surface area contributed by atoms with E-state index in [2.05, 4.69) is 31.2 Å². The molecule has 1 aromatic carbocycles. The molecular formula is C18H28O2. The van der Waals surface area contributed by atoms with Gasteiger partial charge in [-0.1, -0.05) is 31.9 Å². The lowest BCUT2D eigenvalue weighted by Gasteiger charge is -2.28. The number of aliphatic hydroxyl groups is 1. The van der Waals surface area contributed by atoms with Gasteiger partial charge in [-0.15, -0.1) is 0 Å². The van der Waals surface area contributed by atoms with Gasteiger partial charge in [0.25, 0.3) is 0 Å². The first-order valence-corrected chi connectivity index (χ1v) is 8.17. The summed E-state index contributed by atoms with van der Waals surface area (Å²) in [6.45, 7) is 3.08. The molecule has 20 heavy (non-hydrogen) atoms. The second-order valence-electron chi connectivity index (χ2n) is 6.00. The van der Waals surface area contributed by atoms with Crippen LogP contribution in [0.4, 0.5) is 0 Å². The zero-order valence-corrected chi connectivity index (χ0v) is 12.7. The molecule has 0 spiro atoms. The molecule has 1 aliphatic rings. The van der Waals surface area contributed by atoms with Gasteiger partial charge in [-0.25, -0.2) is 0 Å². The Balaban J connectivity index is 1.81. The average Bonchev–Trinajstić information content (AvgIpc) is 2.49. The maximum absolute atomic E-state index is 8.74. The molecule has 0 radical (unpaired) electrons. The molecule has 1 aliphatic carbocycles. The molecule has 0 heterocycles. The van der Waals surface area contributed by atoms with Gasteiger partial charge in [0.05, 0.1) is 6.61 Å². The fraction of sp³-hybridized carbons (Fsp3) is 0.667. The Morgan fingerprint density at radius 2 is 1.80 bits per heavy atom. The van der Waals surface area contributed by atoms with Gasteiger partial charge in [0.1, 0.15) is 5.75 Å². The third-order valence-corrected chi connectivity index (χ3v) is 4.47. The molecule has 0 saturated heterocycles. The molecule has 1 aromatic rings. The standard InChI is InChI=1S/C18H28O2/c1-2-4-15-5-7-16(8-6-15)17-9-11-18(12-10-17)20-14-3-13-19/h9-12,15-16,19H,2-8,13-14H2,1H3/t15-,16-. The zero-order valence-electron chi connectivity index (χ0n) is 12.7. The Morgan fingerprint density at radius 3 is 2.40 bits per heavy atom. The topological polar surface area (TPSA) is 29.5 Å². The smallest absolute Gasteiger partial charge is 0.119 e. The van der Waals surface area contributed by atoms with Crippen molar-refractivity contribution in [2.24, 2.45) is 5.92 Å². The first kappa shape index (κ1) is 15.4. The van der Waals surface area contributed by atoms with Crippen LogP contribution in [0.1, 0.15) is 63.4 Å². The van der Waals surface area contributed by atoms with Crippen LogP contribution >= 0.6 is 0 Å². The van der Waals surface area contributed by atoms with Crippen molar-refractivity contribution in [1.82, 2.24) is 0 Å². The van der Waals surface area contributed by atoms with Crippen LogP contribution in [0.5, 0.6) is 5.75 Å². The molecule has 0 bridgehead atoms. The summed E-state index contributed by atoms with van der Waals surface area (Å²) < 4.78 is 5.58. The first-order chi connectivity index (χ1) is 9.83. The van der Waals surface area contributed by atoms with Gasteiger partial charge in [-0.2, -0.15) is 0 Å². The number of hydrogen-bond donors (Lipinski definition) is 1. The van der Waals surface area contributed by atoms with E-state index in [9.17, 15) is 0 Å². The Morgan fingerprint density at radius 1 is 1.10 bits per heavy atom. The minimum atomic E-state index is 0.194. The Hall–Kier alpha value is -1.02. The minimum absolute atomic E-state index is 0.194. The van der Waals surface area contributed by atoms with Crippen molar-refractivity contribution in [1.29, 1.82) is 0 Å². The fourth-order valence-corrected chi connectivity index (χ4v) is 3.28. The first-order valence-electron chi connectivity index (χ1n) is 8.17. The molecule has 1 saturated carbocycles.